The minimum absolute atomic E-state index is 0.248. The Balaban J connectivity index is 1.57. The van der Waals surface area contributed by atoms with E-state index in [2.05, 4.69) is 4.90 Å². The van der Waals surface area contributed by atoms with Crippen molar-refractivity contribution in [3.8, 4) is 0 Å². The van der Waals surface area contributed by atoms with Crippen LogP contribution in [-0.2, 0) is 9.53 Å². The first kappa shape index (κ1) is 13.4. The van der Waals surface area contributed by atoms with Gasteiger partial charge in [0.25, 0.3) is 0 Å². The maximum Gasteiger partial charge on any atom is 0.219 e. The van der Waals surface area contributed by atoms with Crippen molar-refractivity contribution < 1.29 is 9.53 Å². The Morgan fingerprint density at radius 2 is 2.21 bits per heavy atom. The van der Waals surface area contributed by atoms with Gasteiger partial charge in [0.15, 0.2) is 0 Å². The lowest BCUT2D eigenvalue weighted by Crippen LogP contribution is -2.46. The zero-order valence-electron chi connectivity index (χ0n) is 12.1. The average molecular weight is 266 g/mol. The Bertz CT molecular complexity index is 341. The number of ether oxygens (including phenoxy) is 1. The summed E-state index contributed by atoms with van der Waals surface area (Å²) in [7, 11) is 0. The van der Waals surface area contributed by atoms with Crippen LogP contribution in [0.2, 0.25) is 0 Å². The Kier molecular flexibility index (Phi) is 3.81. The summed E-state index contributed by atoms with van der Waals surface area (Å²) < 4.78 is 5.48. The number of carbonyl (C=O) groups is 1. The summed E-state index contributed by atoms with van der Waals surface area (Å²) in [5.74, 6) is 0.985. The van der Waals surface area contributed by atoms with E-state index in [0.717, 1.165) is 32.2 Å². The Hall–Kier alpha value is -0.610. The summed E-state index contributed by atoms with van der Waals surface area (Å²) in [6.45, 7) is 9.17. The van der Waals surface area contributed by atoms with Crippen LogP contribution in [0.5, 0.6) is 0 Å². The van der Waals surface area contributed by atoms with Gasteiger partial charge in [0.05, 0.1) is 6.61 Å². The first-order chi connectivity index (χ1) is 9.17. The maximum absolute atomic E-state index is 11.5. The van der Waals surface area contributed by atoms with E-state index in [0.29, 0.717) is 5.41 Å². The first-order valence-corrected chi connectivity index (χ1v) is 7.73. The van der Waals surface area contributed by atoms with Gasteiger partial charge < -0.3 is 14.5 Å². The number of hydrogen-bond donors (Lipinski definition) is 0. The largest absolute Gasteiger partial charge is 0.381 e. The van der Waals surface area contributed by atoms with Crippen molar-refractivity contribution in [2.75, 3.05) is 45.9 Å². The van der Waals surface area contributed by atoms with Gasteiger partial charge in [-0.25, -0.2) is 0 Å². The highest BCUT2D eigenvalue weighted by molar-refractivity contribution is 5.73. The van der Waals surface area contributed by atoms with Crippen LogP contribution in [0.15, 0.2) is 0 Å². The third-order valence-corrected chi connectivity index (χ3v) is 5.16. The van der Waals surface area contributed by atoms with Crippen LogP contribution in [0.4, 0.5) is 0 Å². The molecular weight excluding hydrogens is 240 g/mol. The van der Waals surface area contributed by atoms with Gasteiger partial charge in [-0.3, -0.25) is 4.79 Å². The Morgan fingerprint density at radius 3 is 2.89 bits per heavy atom. The first-order valence-electron chi connectivity index (χ1n) is 7.73. The molecule has 3 aliphatic rings. The molecule has 3 aliphatic heterocycles. The number of likely N-dealkylation sites (tertiary alicyclic amines) is 2. The highest BCUT2D eigenvalue weighted by Crippen LogP contribution is 2.39. The van der Waals surface area contributed by atoms with Crippen LogP contribution in [0.1, 0.15) is 32.6 Å². The van der Waals surface area contributed by atoms with E-state index in [1.54, 1.807) is 6.92 Å². The fourth-order valence-corrected chi connectivity index (χ4v) is 4.10. The third-order valence-electron chi connectivity index (χ3n) is 5.16. The van der Waals surface area contributed by atoms with Crippen molar-refractivity contribution >= 4 is 5.91 Å². The van der Waals surface area contributed by atoms with Gasteiger partial charge in [-0.05, 0) is 38.1 Å². The number of rotatable bonds is 2. The molecule has 3 heterocycles. The van der Waals surface area contributed by atoms with E-state index in [-0.39, 0.29) is 5.91 Å². The molecule has 0 aliphatic carbocycles. The summed E-state index contributed by atoms with van der Waals surface area (Å²) in [4.78, 5) is 16.2. The zero-order chi connectivity index (χ0) is 13.3. The molecule has 19 heavy (non-hydrogen) atoms. The van der Waals surface area contributed by atoms with E-state index in [1.807, 2.05) is 4.90 Å². The van der Waals surface area contributed by atoms with E-state index in [9.17, 15) is 4.79 Å². The predicted molar refractivity (Wildman–Crippen MR) is 73.9 cm³/mol. The zero-order valence-corrected chi connectivity index (χ0v) is 12.1. The normalized spacial score (nSPS) is 36.3. The summed E-state index contributed by atoms with van der Waals surface area (Å²) >= 11 is 0. The summed E-state index contributed by atoms with van der Waals surface area (Å²) in [6, 6.07) is 0. The van der Waals surface area contributed by atoms with Crippen molar-refractivity contribution in [1.29, 1.82) is 0 Å². The molecule has 0 N–H and O–H groups in total. The van der Waals surface area contributed by atoms with Crippen LogP contribution in [-0.4, -0.2) is 61.6 Å². The van der Waals surface area contributed by atoms with Gasteiger partial charge >= 0.3 is 0 Å². The van der Waals surface area contributed by atoms with Gasteiger partial charge in [0.2, 0.25) is 5.91 Å². The van der Waals surface area contributed by atoms with E-state index < -0.39 is 0 Å². The van der Waals surface area contributed by atoms with E-state index >= 15 is 0 Å². The number of nitrogens with zero attached hydrogens (tertiary/aromatic N) is 2. The highest BCUT2D eigenvalue weighted by atomic mass is 16.5. The fourth-order valence-electron chi connectivity index (χ4n) is 4.10. The molecule has 3 fully saturated rings. The predicted octanol–water partition coefficient (Wildman–Crippen LogP) is 1.36. The van der Waals surface area contributed by atoms with Crippen LogP contribution >= 0.6 is 0 Å². The highest BCUT2D eigenvalue weighted by Gasteiger charge is 2.42. The molecule has 0 aromatic carbocycles. The second kappa shape index (κ2) is 5.41. The van der Waals surface area contributed by atoms with E-state index in [4.69, 9.17) is 4.74 Å². The second-order valence-electron chi connectivity index (χ2n) is 6.76. The summed E-state index contributed by atoms with van der Waals surface area (Å²) in [6.07, 6.45) is 5.01. The average Bonchev–Trinajstić information content (AvgIpc) is 3.00. The summed E-state index contributed by atoms with van der Waals surface area (Å²) in [5.41, 5.74) is 0.392. The molecule has 0 aromatic heterocycles. The molecule has 0 saturated carbocycles. The molecule has 1 amide bonds. The molecular formula is C15H26N2O2. The molecule has 2 unspecified atom stereocenters. The molecule has 3 saturated heterocycles. The minimum Gasteiger partial charge on any atom is -0.381 e. The molecule has 4 heteroatoms. The Labute approximate surface area is 116 Å². The SMILES string of the molecule is CC(=O)N1CCC2(CCCN(CC3CCOC3)C2)C1. The third kappa shape index (κ3) is 2.95. The van der Waals surface area contributed by atoms with Crippen LogP contribution in [0, 0.1) is 11.3 Å². The lowest BCUT2D eigenvalue weighted by Gasteiger charge is -2.41. The van der Waals surface area contributed by atoms with Crippen LogP contribution in [0.3, 0.4) is 0 Å². The molecule has 3 rings (SSSR count). The second-order valence-corrected chi connectivity index (χ2v) is 6.76. The van der Waals surface area contributed by atoms with Gasteiger partial charge in [0.1, 0.15) is 0 Å². The van der Waals surface area contributed by atoms with Crippen LogP contribution < -0.4 is 0 Å². The number of amides is 1. The van der Waals surface area contributed by atoms with Crippen molar-refractivity contribution in [2.24, 2.45) is 11.3 Å². The topological polar surface area (TPSA) is 32.8 Å². The van der Waals surface area contributed by atoms with Gasteiger partial charge in [-0.2, -0.15) is 0 Å². The lowest BCUT2D eigenvalue weighted by molar-refractivity contribution is -0.128. The maximum atomic E-state index is 11.5. The van der Waals surface area contributed by atoms with Gasteiger partial charge in [-0.15, -0.1) is 0 Å². The number of carbonyl (C=O) groups excluding carboxylic acids is 1. The van der Waals surface area contributed by atoms with Crippen molar-refractivity contribution in [3.05, 3.63) is 0 Å². The van der Waals surface area contributed by atoms with E-state index in [1.165, 1.54) is 45.3 Å². The quantitative estimate of drug-likeness (QED) is 0.756. The van der Waals surface area contributed by atoms with Gasteiger partial charge in [0, 0.05) is 45.1 Å². The van der Waals surface area contributed by atoms with Crippen molar-refractivity contribution in [1.82, 2.24) is 9.80 Å². The molecule has 1 spiro atoms. The fraction of sp³-hybridized carbons (Fsp3) is 0.933. The minimum atomic E-state index is 0.248. The van der Waals surface area contributed by atoms with Crippen LogP contribution in [0.25, 0.3) is 0 Å². The molecule has 108 valence electrons. The van der Waals surface area contributed by atoms with Crippen molar-refractivity contribution in [3.63, 3.8) is 0 Å². The molecule has 0 aromatic rings. The van der Waals surface area contributed by atoms with Crippen molar-refractivity contribution in [2.45, 2.75) is 32.6 Å². The number of hydrogen-bond acceptors (Lipinski definition) is 3. The monoisotopic (exact) mass is 266 g/mol. The van der Waals surface area contributed by atoms with Gasteiger partial charge in [-0.1, -0.05) is 0 Å². The molecule has 4 nitrogen and oxygen atoms in total. The molecule has 0 radical (unpaired) electrons. The lowest BCUT2D eigenvalue weighted by atomic mass is 9.79. The molecule has 2 atom stereocenters. The number of piperidine rings is 1. The molecule has 0 bridgehead atoms. The Morgan fingerprint density at radius 1 is 1.32 bits per heavy atom. The summed E-state index contributed by atoms with van der Waals surface area (Å²) in [5, 5.41) is 0. The smallest absolute Gasteiger partial charge is 0.219 e. The standard InChI is InChI=1S/C15H26N2O2/c1-13(18)17-7-5-15(12-17)4-2-6-16(11-15)9-14-3-8-19-10-14/h14H,2-12H2,1H3.